The van der Waals surface area contributed by atoms with Gasteiger partial charge in [-0.2, -0.15) is 0 Å². The van der Waals surface area contributed by atoms with Gasteiger partial charge in [0.1, 0.15) is 5.54 Å². The minimum absolute atomic E-state index is 0.245. The first-order valence-corrected chi connectivity index (χ1v) is 11.8. The monoisotopic (exact) mass is 450 g/mol. The van der Waals surface area contributed by atoms with Crippen molar-refractivity contribution in [1.82, 2.24) is 9.55 Å². The maximum absolute atomic E-state index is 10.6. The summed E-state index contributed by atoms with van der Waals surface area (Å²) in [5.74, 6) is -0.722. The third-order valence-corrected chi connectivity index (χ3v) is 6.11. The maximum Gasteiger partial charge on any atom is 0.303 e. The smallest absolute Gasteiger partial charge is 0.303 e. The number of hydrogen-bond acceptors (Lipinski definition) is 2. The fourth-order valence-electron chi connectivity index (χ4n) is 4.51. The molecule has 0 amide bonds. The van der Waals surface area contributed by atoms with E-state index < -0.39 is 11.5 Å². The molecule has 1 aromatic heterocycles. The van der Waals surface area contributed by atoms with E-state index in [-0.39, 0.29) is 6.42 Å². The Kier molecular flexibility index (Phi) is 7.71. The Morgan fingerprint density at radius 2 is 1.32 bits per heavy atom. The van der Waals surface area contributed by atoms with Gasteiger partial charge in [0.15, 0.2) is 0 Å². The van der Waals surface area contributed by atoms with Gasteiger partial charge in [0, 0.05) is 12.6 Å². The van der Waals surface area contributed by atoms with E-state index in [0.717, 1.165) is 31.4 Å². The van der Waals surface area contributed by atoms with E-state index in [0.29, 0.717) is 0 Å². The Hall–Kier alpha value is -3.92. The molecule has 0 unspecified atom stereocenters. The van der Waals surface area contributed by atoms with Crippen molar-refractivity contribution >= 4 is 12.0 Å². The van der Waals surface area contributed by atoms with Crippen LogP contribution in [0.15, 0.2) is 110 Å². The van der Waals surface area contributed by atoms with Crippen LogP contribution in [0.4, 0.5) is 0 Å². The summed E-state index contributed by atoms with van der Waals surface area (Å²) < 4.78 is 2.21. The fourth-order valence-corrected chi connectivity index (χ4v) is 4.51. The highest BCUT2D eigenvalue weighted by molar-refractivity contribution is 5.66. The number of imidazole rings is 1. The average molecular weight is 451 g/mol. The molecule has 34 heavy (non-hydrogen) atoms. The minimum Gasteiger partial charge on any atom is -0.481 e. The number of aliphatic carboxylic acids is 1. The summed E-state index contributed by atoms with van der Waals surface area (Å²) >= 11 is 0. The largest absolute Gasteiger partial charge is 0.481 e. The number of hydrogen-bond donors (Lipinski definition) is 1. The van der Waals surface area contributed by atoms with Crippen LogP contribution in [-0.4, -0.2) is 20.6 Å². The van der Waals surface area contributed by atoms with Crippen molar-refractivity contribution in [3.8, 4) is 0 Å². The molecular weight excluding hydrogens is 420 g/mol. The Balaban J connectivity index is 1.68. The van der Waals surface area contributed by atoms with Crippen LogP contribution >= 0.6 is 0 Å². The van der Waals surface area contributed by atoms with Crippen LogP contribution in [-0.2, 0) is 10.3 Å². The third kappa shape index (κ3) is 5.18. The van der Waals surface area contributed by atoms with Gasteiger partial charge in [0.05, 0.1) is 12.0 Å². The highest BCUT2D eigenvalue weighted by atomic mass is 16.4. The van der Waals surface area contributed by atoms with Crippen LogP contribution in [0.5, 0.6) is 0 Å². The van der Waals surface area contributed by atoms with Gasteiger partial charge >= 0.3 is 5.97 Å². The van der Waals surface area contributed by atoms with Crippen LogP contribution in [0.3, 0.4) is 0 Å². The van der Waals surface area contributed by atoms with E-state index in [9.17, 15) is 4.79 Å². The SMILES string of the molecule is O=C(O)CCCCC/C=C/c1cn(C(c2ccccc2)(c2ccccc2)c2ccccc2)cn1. The predicted octanol–water partition coefficient (Wildman–Crippen LogP) is 6.77. The zero-order chi connectivity index (χ0) is 23.6. The predicted molar refractivity (Wildman–Crippen MR) is 137 cm³/mol. The zero-order valence-electron chi connectivity index (χ0n) is 19.3. The molecule has 0 saturated heterocycles. The minimum atomic E-state index is -0.722. The summed E-state index contributed by atoms with van der Waals surface area (Å²) in [5, 5.41) is 8.76. The van der Waals surface area contributed by atoms with Crippen molar-refractivity contribution in [3.63, 3.8) is 0 Å². The standard InChI is InChI=1S/C30H30N2O2/c33-29(34)22-14-3-1-2-13-21-28-23-32(24-31-28)30(25-15-7-4-8-16-25,26-17-9-5-10-18-26)27-19-11-6-12-20-27/h4-13,15-21,23-24H,1-3,14,22H2,(H,33,34)/b21-13+. The van der Waals surface area contributed by atoms with E-state index in [4.69, 9.17) is 10.1 Å². The van der Waals surface area contributed by atoms with Gasteiger partial charge in [-0.05, 0) is 42.0 Å². The van der Waals surface area contributed by atoms with Gasteiger partial charge in [0.25, 0.3) is 0 Å². The molecule has 4 heteroatoms. The molecule has 0 radical (unpaired) electrons. The second-order valence-corrected chi connectivity index (χ2v) is 8.41. The van der Waals surface area contributed by atoms with Crippen molar-refractivity contribution in [2.45, 2.75) is 37.6 Å². The summed E-state index contributed by atoms with van der Waals surface area (Å²) in [6.45, 7) is 0. The number of carbonyl (C=O) groups is 1. The summed E-state index contributed by atoms with van der Waals surface area (Å²) in [4.78, 5) is 15.4. The highest BCUT2D eigenvalue weighted by Gasteiger charge is 2.38. The Morgan fingerprint density at radius 1 is 0.794 bits per heavy atom. The second kappa shape index (κ2) is 11.3. The number of nitrogens with zero attached hydrogens (tertiary/aromatic N) is 2. The van der Waals surface area contributed by atoms with Gasteiger partial charge in [-0.25, -0.2) is 4.98 Å². The molecule has 0 saturated carbocycles. The van der Waals surface area contributed by atoms with Crippen LogP contribution in [0.1, 0.15) is 54.5 Å². The molecule has 4 nitrogen and oxygen atoms in total. The van der Waals surface area contributed by atoms with E-state index in [1.807, 2.05) is 24.5 Å². The molecule has 4 aromatic rings. The van der Waals surface area contributed by atoms with Crippen molar-refractivity contribution in [1.29, 1.82) is 0 Å². The third-order valence-electron chi connectivity index (χ3n) is 6.11. The number of allylic oxidation sites excluding steroid dienone is 1. The maximum atomic E-state index is 10.6. The Morgan fingerprint density at radius 3 is 1.82 bits per heavy atom. The van der Waals surface area contributed by atoms with Crippen molar-refractivity contribution in [2.75, 3.05) is 0 Å². The molecule has 0 aliphatic rings. The molecular formula is C30H30N2O2. The van der Waals surface area contributed by atoms with Crippen LogP contribution < -0.4 is 0 Å². The quantitative estimate of drug-likeness (QED) is 0.203. The van der Waals surface area contributed by atoms with Crippen molar-refractivity contribution in [2.24, 2.45) is 0 Å². The van der Waals surface area contributed by atoms with Gasteiger partial charge in [-0.15, -0.1) is 0 Å². The zero-order valence-corrected chi connectivity index (χ0v) is 19.3. The molecule has 1 N–H and O–H groups in total. The average Bonchev–Trinajstić information content (AvgIpc) is 3.35. The highest BCUT2D eigenvalue weighted by Crippen LogP contribution is 2.40. The normalized spacial score (nSPS) is 11.6. The number of rotatable bonds is 11. The summed E-state index contributed by atoms with van der Waals surface area (Å²) in [5.41, 5.74) is 3.84. The molecule has 172 valence electrons. The lowest BCUT2D eigenvalue weighted by Gasteiger charge is -2.37. The molecule has 0 spiro atoms. The lowest BCUT2D eigenvalue weighted by molar-refractivity contribution is -0.137. The Bertz CT molecular complexity index is 1100. The lowest BCUT2D eigenvalue weighted by atomic mass is 9.77. The molecule has 1 heterocycles. The van der Waals surface area contributed by atoms with Gasteiger partial charge in [-0.3, -0.25) is 4.79 Å². The van der Waals surface area contributed by atoms with Crippen LogP contribution in [0, 0.1) is 0 Å². The first kappa shape index (κ1) is 23.2. The summed E-state index contributed by atoms with van der Waals surface area (Å²) in [6, 6.07) is 31.7. The van der Waals surface area contributed by atoms with Gasteiger partial charge < -0.3 is 9.67 Å². The van der Waals surface area contributed by atoms with Crippen LogP contribution in [0.25, 0.3) is 6.08 Å². The molecule has 4 rings (SSSR count). The number of carboxylic acid groups (broad SMARTS) is 1. The van der Waals surface area contributed by atoms with Gasteiger partial charge in [0.2, 0.25) is 0 Å². The van der Waals surface area contributed by atoms with Gasteiger partial charge in [-0.1, -0.05) is 103 Å². The molecule has 0 aliphatic heterocycles. The molecule has 0 atom stereocenters. The Labute approximate surface area is 201 Å². The first-order valence-electron chi connectivity index (χ1n) is 11.8. The lowest BCUT2D eigenvalue weighted by Crippen LogP contribution is -2.36. The van der Waals surface area contributed by atoms with E-state index in [1.165, 1.54) is 16.7 Å². The summed E-state index contributed by atoms with van der Waals surface area (Å²) in [7, 11) is 0. The first-order chi connectivity index (χ1) is 16.7. The van der Waals surface area contributed by atoms with E-state index >= 15 is 0 Å². The molecule has 0 aliphatic carbocycles. The van der Waals surface area contributed by atoms with Crippen molar-refractivity contribution < 1.29 is 9.90 Å². The number of aromatic nitrogens is 2. The fraction of sp³-hybridized carbons (Fsp3) is 0.200. The number of carboxylic acids is 1. The molecule has 0 bridgehead atoms. The number of unbranched alkanes of at least 4 members (excludes halogenated alkanes) is 3. The van der Waals surface area contributed by atoms with E-state index in [1.54, 1.807) is 0 Å². The second-order valence-electron chi connectivity index (χ2n) is 8.41. The van der Waals surface area contributed by atoms with E-state index in [2.05, 4.69) is 95.7 Å². The van der Waals surface area contributed by atoms with Crippen LogP contribution in [0.2, 0.25) is 0 Å². The topological polar surface area (TPSA) is 55.1 Å². The summed E-state index contributed by atoms with van der Waals surface area (Å²) in [6.07, 6.45) is 12.0. The molecule has 3 aromatic carbocycles. The molecule has 0 fully saturated rings. The van der Waals surface area contributed by atoms with Crippen molar-refractivity contribution in [3.05, 3.63) is 132 Å². The number of benzene rings is 3.